The number of benzene rings is 7. The standard InChI is InChI=1S/C53H38F3N4O.Pt/c1-52(2,3)37-27-28-57-50(31-37)60-46-22-11-10-19-44(46)45-26-25-40(33-49(45)60)61-41-30-38(53(54,55)56)29-39(32-41)58-34-59(48-24-13-12-23-47(48)58)51-42(35-15-6-4-7-16-35)20-14-21-43(51)36-17-8-5-9-18-36;/h4-31,34H,1-3H3;/q-3;/i4D,5D,6D,7D,8D,9D,15D,16D,17D,18D;. The van der Waals surface area contributed by atoms with E-state index >= 15 is 13.2 Å². The molecule has 5 nitrogen and oxygen atoms in total. The van der Waals surface area contributed by atoms with Crippen molar-refractivity contribution in [2.75, 3.05) is 9.80 Å². The Kier molecular flexibility index (Phi) is 7.85. The number of hydrogen-bond acceptors (Lipinski definition) is 4. The van der Waals surface area contributed by atoms with E-state index in [0.29, 0.717) is 22.7 Å². The predicted octanol–water partition coefficient (Wildman–Crippen LogP) is 14.6. The van der Waals surface area contributed by atoms with Gasteiger partial charge in [-0.05, 0) is 63.4 Å². The number of rotatable bonds is 7. The van der Waals surface area contributed by atoms with E-state index < -0.39 is 72.2 Å². The van der Waals surface area contributed by atoms with Crippen molar-refractivity contribution in [2.45, 2.75) is 32.4 Å². The SMILES string of the molecule is [2H]c1c([2H])c([2H])c(-c2cccc(-c3c([2H])c([2H])c([2H])c([2H])c3[2H])c2N2[CH-]N(c3[c-]c(Oc4[c-]c5c(cc4)c4ccccc4n5-c4cc(C(C)(C)C)ccn4)cc(C(F)(F)F)c3)c3ccccc32)c([2H])c1[2H].[Pt]. The van der Waals surface area contributed by atoms with E-state index in [4.69, 9.17) is 23.4 Å². The zero-order valence-electron chi connectivity index (χ0n) is 43.1. The molecule has 0 fully saturated rings. The molecule has 310 valence electrons. The van der Waals surface area contributed by atoms with Gasteiger partial charge in [-0.1, -0.05) is 135 Å². The number of aromatic nitrogens is 2. The van der Waals surface area contributed by atoms with Crippen LogP contribution in [0, 0.1) is 18.8 Å². The summed E-state index contributed by atoms with van der Waals surface area (Å²) in [5.41, 5.74) is 1.10. The average Bonchev–Trinajstić information content (AvgIpc) is 3.89. The van der Waals surface area contributed by atoms with Crippen LogP contribution in [0.2, 0.25) is 0 Å². The van der Waals surface area contributed by atoms with Crippen LogP contribution < -0.4 is 14.5 Å². The maximum absolute atomic E-state index is 15.0. The van der Waals surface area contributed by atoms with Crippen LogP contribution in [0.4, 0.5) is 35.9 Å². The predicted molar refractivity (Wildman–Crippen MR) is 239 cm³/mol. The van der Waals surface area contributed by atoms with Crippen LogP contribution in [0.3, 0.4) is 0 Å². The maximum Gasteiger partial charge on any atom is 0.395 e. The summed E-state index contributed by atoms with van der Waals surface area (Å²) in [6.07, 6.45) is -3.15. The Morgan fingerprint density at radius 2 is 1.29 bits per heavy atom. The van der Waals surface area contributed by atoms with Gasteiger partial charge in [-0.25, -0.2) is 4.98 Å². The second-order valence-corrected chi connectivity index (χ2v) is 15.4. The van der Waals surface area contributed by atoms with Crippen molar-refractivity contribution < 1.29 is 52.7 Å². The monoisotopic (exact) mass is 1010 g/mol. The zero-order chi connectivity index (χ0) is 50.6. The van der Waals surface area contributed by atoms with Crippen molar-refractivity contribution in [3.05, 3.63) is 200 Å². The van der Waals surface area contributed by atoms with Gasteiger partial charge in [0.25, 0.3) is 0 Å². The summed E-state index contributed by atoms with van der Waals surface area (Å²) in [7, 11) is 0. The van der Waals surface area contributed by atoms with Crippen LogP contribution in [0.15, 0.2) is 170 Å². The topological polar surface area (TPSA) is 33.5 Å². The number of nitrogens with zero attached hydrogens (tertiary/aromatic N) is 4. The van der Waals surface area contributed by atoms with Crippen molar-refractivity contribution in [1.29, 1.82) is 0 Å². The normalized spacial score (nSPS) is 15.0. The van der Waals surface area contributed by atoms with Crippen molar-refractivity contribution in [2.24, 2.45) is 0 Å². The Balaban J connectivity index is 0.00000640. The number of anilines is 4. The molecule has 0 radical (unpaired) electrons. The molecule has 1 aliphatic rings. The van der Waals surface area contributed by atoms with Crippen LogP contribution in [-0.2, 0) is 32.7 Å². The third-order valence-corrected chi connectivity index (χ3v) is 10.5. The van der Waals surface area contributed by atoms with Gasteiger partial charge in [0.2, 0.25) is 0 Å². The minimum Gasteiger partial charge on any atom is -0.509 e. The molecule has 0 atom stereocenters. The van der Waals surface area contributed by atoms with Crippen LogP contribution in [0.5, 0.6) is 11.5 Å². The third kappa shape index (κ3) is 7.43. The molecule has 0 saturated carbocycles. The van der Waals surface area contributed by atoms with Gasteiger partial charge in [-0.2, -0.15) is 19.2 Å². The molecular formula is C53H38F3N4OPt-3. The van der Waals surface area contributed by atoms with Gasteiger partial charge < -0.3 is 19.1 Å². The molecular weight excluding hydrogens is 961 g/mol. The van der Waals surface area contributed by atoms with E-state index in [1.165, 1.54) is 34.7 Å². The first-order valence-corrected chi connectivity index (χ1v) is 19.2. The molecule has 0 spiro atoms. The van der Waals surface area contributed by atoms with Crippen LogP contribution in [0.1, 0.15) is 45.6 Å². The Hall–Kier alpha value is -6.63. The smallest absolute Gasteiger partial charge is 0.395 e. The van der Waals surface area contributed by atoms with E-state index in [-0.39, 0.29) is 71.6 Å². The van der Waals surface area contributed by atoms with Crippen LogP contribution in [0.25, 0.3) is 49.9 Å². The van der Waals surface area contributed by atoms with E-state index in [1.54, 1.807) is 36.5 Å². The molecule has 10 rings (SSSR count). The second-order valence-electron chi connectivity index (χ2n) is 15.4. The van der Waals surface area contributed by atoms with Gasteiger partial charge in [0.1, 0.15) is 5.82 Å². The minimum atomic E-state index is -4.88. The Morgan fingerprint density at radius 3 is 1.95 bits per heavy atom. The number of alkyl halides is 3. The zero-order valence-corrected chi connectivity index (χ0v) is 35.4. The molecule has 0 saturated heterocycles. The Labute approximate surface area is 387 Å². The van der Waals surface area contributed by atoms with E-state index in [0.717, 1.165) is 34.0 Å². The van der Waals surface area contributed by atoms with Crippen molar-refractivity contribution in [3.63, 3.8) is 0 Å². The molecule has 9 aromatic rings. The first-order valence-electron chi connectivity index (χ1n) is 24.2. The molecule has 3 heterocycles. The van der Waals surface area contributed by atoms with E-state index in [1.807, 2.05) is 47.0 Å². The summed E-state index contributed by atoms with van der Waals surface area (Å²) >= 11 is 0. The fourth-order valence-corrected chi connectivity index (χ4v) is 7.63. The number of fused-ring (bicyclic) bond motifs is 4. The third-order valence-electron chi connectivity index (χ3n) is 10.5. The van der Waals surface area contributed by atoms with Crippen molar-refractivity contribution in [1.82, 2.24) is 9.55 Å². The molecule has 0 amide bonds. The second kappa shape index (κ2) is 16.0. The van der Waals surface area contributed by atoms with Gasteiger partial charge in [-0.3, -0.25) is 0 Å². The maximum atomic E-state index is 15.0. The van der Waals surface area contributed by atoms with Crippen molar-refractivity contribution in [3.8, 4) is 39.6 Å². The van der Waals surface area contributed by atoms with E-state index in [2.05, 4.69) is 32.9 Å². The summed E-state index contributed by atoms with van der Waals surface area (Å²) in [4.78, 5) is 7.60. The number of ether oxygens (including phenoxy) is 1. The van der Waals surface area contributed by atoms with Gasteiger partial charge in [0, 0.05) is 72.5 Å². The molecule has 1 aliphatic heterocycles. The molecule has 0 N–H and O–H groups in total. The largest absolute Gasteiger partial charge is 0.509 e. The molecule has 2 aromatic heterocycles. The van der Waals surface area contributed by atoms with Crippen molar-refractivity contribution >= 4 is 44.6 Å². The molecule has 0 bridgehead atoms. The molecule has 0 aliphatic carbocycles. The number of halogens is 3. The average molecular weight is 1010 g/mol. The summed E-state index contributed by atoms with van der Waals surface area (Å²) in [5.74, 6) is 0.378. The fourth-order valence-electron chi connectivity index (χ4n) is 7.63. The minimum absolute atomic E-state index is 0. The summed E-state index contributed by atoms with van der Waals surface area (Å²) in [6, 6.07) is 27.8. The van der Waals surface area contributed by atoms with Gasteiger partial charge in [0.15, 0.2) is 0 Å². The molecule has 7 aromatic carbocycles. The summed E-state index contributed by atoms with van der Waals surface area (Å²) in [5, 5.41) is 1.71. The van der Waals surface area contributed by atoms with Crippen LogP contribution >= 0.6 is 0 Å². The summed E-state index contributed by atoms with van der Waals surface area (Å²) < 4.78 is 140. The number of para-hydroxylation sites is 4. The van der Waals surface area contributed by atoms with E-state index in [9.17, 15) is 0 Å². The first kappa shape index (κ1) is 30.4. The quantitative estimate of drug-likeness (QED) is 0.149. The summed E-state index contributed by atoms with van der Waals surface area (Å²) in [6.45, 7) is 7.69. The number of pyridine rings is 1. The fraction of sp³-hybridized carbons (Fsp3) is 0.0943. The van der Waals surface area contributed by atoms with Gasteiger partial charge >= 0.3 is 6.18 Å². The first-order chi connectivity index (χ1) is 33.6. The van der Waals surface area contributed by atoms with Gasteiger partial charge in [0.05, 0.1) is 13.7 Å². The molecule has 62 heavy (non-hydrogen) atoms. The Morgan fingerprint density at radius 1 is 0.645 bits per heavy atom. The number of hydrogen-bond donors (Lipinski definition) is 0. The Bertz CT molecular complexity index is 3550. The molecule has 9 heteroatoms. The van der Waals surface area contributed by atoms with Crippen LogP contribution in [-0.4, -0.2) is 9.55 Å². The van der Waals surface area contributed by atoms with Gasteiger partial charge in [-0.15, -0.1) is 48.1 Å². The molecule has 0 unspecified atom stereocenters.